The second-order valence-corrected chi connectivity index (χ2v) is 6.36. The molecule has 0 aliphatic rings. The van der Waals surface area contributed by atoms with E-state index in [-0.39, 0.29) is 0 Å². The maximum atomic E-state index is 10.2. The van der Waals surface area contributed by atoms with Gasteiger partial charge in [0.2, 0.25) is 0 Å². The summed E-state index contributed by atoms with van der Waals surface area (Å²) in [6, 6.07) is 2.03. The number of hydrogen-bond acceptors (Lipinski definition) is 3. The zero-order valence-corrected chi connectivity index (χ0v) is 12.3. The third-order valence-electron chi connectivity index (χ3n) is 2.72. The van der Waals surface area contributed by atoms with Gasteiger partial charge in [-0.1, -0.05) is 0 Å². The molecule has 1 atom stereocenters. The Balaban J connectivity index is 2.14. The van der Waals surface area contributed by atoms with E-state index in [1.165, 1.54) is 5.56 Å². The van der Waals surface area contributed by atoms with Crippen LogP contribution in [0.1, 0.15) is 29.3 Å². The minimum absolute atomic E-state index is 0.474. The lowest BCUT2D eigenvalue weighted by molar-refractivity contribution is 0.178. The molecule has 92 valence electrons. The molecule has 0 fully saturated rings. The predicted molar refractivity (Wildman–Crippen MR) is 73.3 cm³/mol. The molecule has 0 spiro atoms. The van der Waals surface area contributed by atoms with Crippen LogP contribution in [-0.4, -0.2) is 14.7 Å². The van der Waals surface area contributed by atoms with Crippen molar-refractivity contribution in [1.82, 2.24) is 9.55 Å². The van der Waals surface area contributed by atoms with Gasteiger partial charge < -0.3 is 9.67 Å². The van der Waals surface area contributed by atoms with Crippen LogP contribution in [0.2, 0.25) is 0 Å². The Kier molecular flexibility index (Phi) is 4.01. The quantitative estimate of drug-likeness (QED) is 0.940. The molecule has 5 heteroatoms. The zero-order valence-electron chi connectivity index (χ0n) is 9.85. The van der Waals surface area contributed by atoms with Gasteiger partial charge in [0.1, 0.15) is 5.82 Å². The number of nitrogens with zero attached hydrogens (tertiary/aromatic N) is 2. The number of halogens is 1. The average molecular weight is 315 g/mol. The number of aliphatic hydroxyl groups excluding tert-OH is 1. The lowest BCUT2D eigenvalue weighted by Crippen LogP contribution is -2.07. The molecule has 2 heterocycles. The minimum atomic E-state index is -0.474. The summed E-state index contributed by atoms with van der Waals surface area (Å²) in [7, 11) is 0. The van der Waals surface area contributed by atoms with E-state index in [2.05, 4.69) is 32.4 Å². The first-order valence-corrected chi connectivity index (χ1v) is 7.16. The van der Waals surface area contributed by atoms with Crippen LogP contribution in [0, 0.1) is 6.92 Å². The van der Waals surface area contributed by atoms with Gasteiger partial charge in [-0.2, -0.15) is 0 Å². The molecule has 3 nitrogen and oxygen atoms in total. The van der Waals surface area contributed by atoms with E-state index in [1.807, 2.05) is 19.2 Å². The van der Waals surface area contributed by atoms with Gasteiger partial charge in [-0.05, 0) is 41.4 Å². The molecular weight excluding hydrogens is 300 g/mol. The molecule has 0 aliphatic heterocycles. The number of aliphatic hydroxyl groups is 1. The summed E-state index contributed by atoms with van der Waals surface area (Å²) in [6.07, 6.45) is 3.81. The van der Waals surface area contributed by atoms with E-state index in [1.54, 1.807) is 17.5 Å². The summed E-state index contributed by atoms with van der Waals surface area (Å²) in [5, 5.41) is 10.2. The maximum absolute atomic E-state index is 10.2. The molecule has 1 N–H and O–H groups in total. The Morgan fingerprint density at radius 2 is 2.35 bits per heavy atom. The molecule has 2 aromatic heterocycles. The van der Waals surface area contributed by atoms with E-state index < -0.39 is 6.10 Å². The van der Waals surface area contributed by atoms with Crippen LogP contribution < -0.4 is 0 Å². The van der Waals surface area contributed by atoms with Gasteiger partial charge >= 0.3 is 0 Å². The van der Waals surface area contributed by atoms with E-state index >= 15 is 0 Å². The molecule has 0 bridgehead atoms. The summed E-state index contributed by atoms with van der Waals surface area (Å²) in [4.78, 5) is 5.26. The Morgan fingerprint density at radius 3 is 2.94 bits per heavy atom. The molecule has 0 aromatic carbocycles. The maximum Gasteiger partial charge on any atom is 0.111 e. The number of aromatic nitrogens is 2. The summed E-state index contributed by atoms with van der Waals surface area (Å²) in [6.45, 7) is 4.99. The molecule has 0 aliphatic carbocycles. The normalized spacial score (nSPS) is 12.9. The Bertz CT molecular complexity index is 487. The first-order valence-electron chi connectivity index (χ1n) is 5.55. The van der Waals surface area contributed by atoms with Crippen molar-refractivity contribution in [3.8, 4) is 0 Å². The van der Waals surface area contributed by atoms with Crippen LogP contribution in [0.4, 0.5) is 0 Å². The first kappa shape index (κ1) is 12.8. The van der Waals surface area contributed by atoms with Crippen molar-refractivity contribution in [1.29, 1.82) is 0 Å². The van der Waals surface area contributed by atoms with Crippen LogP contribution in [0.15, 0.2) is 22.2 Å². The largest absolute Gasteiger partial charge is 0.387 e. The highest BCUT2D eigenvalue weighted by Gasteiger charge is 2.15. The van der Waals surface area contributed by atoms with Crippen LogP contribution >= 0.6 is 27.3 Å². The van der Waals surface area contributed by atoms with E-state index in [9.17, 15) is 5.11 Å². The van der Waals surface area contributed by atoms with Crippen molar-refractivity contribution in [2.24, 2.45) is 0 Å². The number of rotatable bonds is 4. The molecular formula is C12H15BrN2OS. The number of aryl methyl sites for hydroxylation is 2. The number of imidazole rings is 1. The lowest BCUT2D eigenvalue weighted by atomic mass is 10.2. The Hall–Kier alpha value is -0.650. The molecule has 0 saturated carbocycles. The van der Waals surface area contributed by atoms with Crippen molar-refractivity contribution in [3.63, 3.8) is 0 Å². The SMILES string of the molecule is CCn1ccnc1CC(O)c1cc(C)c(Br)s1. The molecule has 0 amide bonds. The Labute approximate surface area is 113 Å². The van der Waals surface area contributed by atoms with Gasteiger partial charge in [0.15, 0.2) is 0 Å². The zero-order chi connectivity index (χ0) is 12.4. The lowest BCUT2D eigenvalue weighted by Gasteiger charge is -2.09. The first-order chi connectivity index (χ1) is 8.11. The van der Waals surface area contributed by atoms with Crippen molar-refractivity contribution >= 4 is 27.3 Å². The number of thiophene rings is 1. The fraction of sp³-hybridized carbons (Fsp3) is 0.417. The Morgan fingerprint density at radius 1 is 1.59 bits per heavy atom. The summed E-state index contributed by atoms with van der Waals surface area (Å²) < 4.78 is 3.14. The van der Waals surface area contributed by atoms with Crippen LogP contribution in [-0.2, 0) is 13.0 Å². The van der Waals surface area contributed by atoms with Gasteiger partial charge in [0.05, 0.1) is 9.89 Å². The second kappa shape index (κ2) is 5.33. The van der Waals surface area contributed by atoms with E-state index in [4.69, 9.17) is 0 Å². The van der Waals surface area contributed by atoms with Crippen molar-refractivity contribution in [2.75, 3.05) is 0 Å². The van der Waals surface area contributed by atoms with E-state index in [0.717, 1.165) is 21.0 Å². The topological polar surface area (TPSA) is 38.0 Å². The van der Waals surface area contributed by atoms with Crippen molar-refractivity contribution < 1.29 is 5.11 Å². The number of hydrogen-bond donors (Lipinski definition) is 1. The van der Waals surface area contributed by atoms with Crippen LogP contribution in [0.3, 0.4) is 0 Å². The summed E-state index contributed by atoms with van der Waals surface area (Å²) in [5.74, 6) is 0.933. The van der Waals surface area contributed by atoms with Gasteiger partial charge in [-0.15, -0.1) is 11.3 Å². The fourth-order valence-corrected chi connectivity index (χ4v) is 3.30. The summed E-state index contributed by atoms with van der Waals surface area (Å²) in [5.41, 5.74) is 1.17. The predicted octanol–water partition coefficient (Wildman–Crippen LogP) is 3.31. The van der Waals surface area contributed by atoms with Crippen LogP contribution in [0.25, 0.3) is 0 Å². The van der Waals surface area contributed by atoms with Gasteiger partial charge in [0, 0.05) is 30.2 Å². The van der Waals surface area contributed by atoms with Crippen molar-refractivity contribution in [2.45, 2.75) is 32.9 Å². The fourth-order valence-electron chi connectivity index (χ4n) is 1.74. The second-order valence-electron chi connectivity index (χ2n) is 3.95. The molecule has 2 aromatic rings. The highest BCUT2D eigenvalue weighted by Crippen LogP contribution is 2.32. The molecule has 2 rings (SSSR count). The molecule has 0 saturated heterocycles. The van der Waals surface area contributed by atoms with Crippen molar-refractivity contribution in [3.05, 3.63) is 38.5 Å². The highest BCUT2D eigenvalue weighted by atomic mass is 79.9. The third kappa shape index (κ3) is 2.78. The van der Waals surface area contributed by atoms with Gasteiger partial charge in [-0.3, -0.25) is 0 Å². The highest BCUT2D eigenvalue weighted by molar-refractivity contribution is 9.11. The monoisotopic (exact) mass is 314 g/mol. The molecule has 17 heavy (non-hydrogen) atoms. The third-order valence-corrected chi connectivity index (χ3v) is 4.96. The van der Waals surface area contributed by atoms with Gasteiger partial charge in [0.25, 0.3) is 0 Å². The standard InChI is InChI=1S/C12H15BrN2OS/c1-3-15-5-4-14-11(15)7-9(16)10-6-8(2)12(13)17-10/h4-6,9,16H,3,7H2,1-2H3. The van der Waals surface area contributed by atoms with Crippen LogP contribution in [0.5, 0.6) is 0 Å². The average Bonchev–Trinajstić information content (AvgIpc) is 2.86. The van der Waals surface area contributed by atoms with Gasteiger partial charge in [-0.25, -0.2) is 4.98 Å². The molecule has 0 radical (unpaired) electrons. The smallest absolute Gasteiger partial charge is 0.111 e. The van der Waals surface area contributed by atoms with E-state index in [0.29, 0.717) is 6.42 Å². The minimum Gasteiger partial charge on any atom is -0.387 e. The summed E-state index contributed by atoms with van der Waals surface area (Å²) >= 11 is 5.06. The molecule has 1 unspecified atom stereocenters.